The fraction of sp³-hybridized carbons (Fsp3) is 0.600. The molecule has 0 aromatic carbocycles. The molecule has 1 atom stereocenters. The summed E-state index contributed by atoms with van der Waals surface area (Å²) in [6.07, 6.45) is -0.132. The molecule has 1 heteroatoms. The van der Waals surface area contributed by atoms with Gasteiger partial charge in [-0.05, 0) is 33.5 Å². The van der Waals surface area contributed by atoms with Crippen molar-refractivity contribution in [2.24, 2.45) is 0 Å². The number of allylic oxidation sites excluding steroid dienone is 2. The summed E-state index contributed by atoms with van der Waals surface area (Å²) in [5, 5.41) is 9.91. The number of aliphatic hydroxyl groups is 1. The minimum Gasteiger partial charge on any atom is -0.386 e. The van der Waals surface area contributed by atoms with Crippen LogP contribution in [0.1, 0.15) is 40.3 Å². The van der Waals surface area contributed by atoms with E-state index in [0.29, 0.717) is 0 Å². The lowest BCUT2D eigenvalue weighted by Crippen LogP contribution is -2.19. The highest BCUT2D eigenvalue weighted by atomic mass is 16.3. The molecule has 0 fully saturated rings. The zero-order chi connectivity index (χ0) is 13.2. The Morgan fingerprint density at radius 1 is 1.82 bits per heavy atom. The number of hydrogen-bond acceptors (Lipinski definition) is 1. The molecule has 0 radical (unpaired) electrons. The Morgan fingerprint density at radius 3 is 2.82 bits per heavy atom. The summed E-state index contributed by atoms with van der Waals surface area (Å²) in [5.41, 5.74) is -1.67. The van der Waals surface area contributed by atoms with Crippen molar-refractivity contribution in [3.8, 4) is 0 Å². The molecule has 0 aromatic heterocycles. The first kappa shape index (κ1) is 4.46. The van der Waals surface area contributed by atoms with Gasteiger partial charge in [0, 0.05) is 6.85 Å². The predicted octanol–water partition coefficient (Wildman–Crippen LogP) is 2.67. The molecule has 0 bridgehead atoms. The van der Waals surface area contributed by atoms with Gasteiger partial charge in [0.05, 0.1) is 5.60 Å². The van der Waals surface area contributed by atoms with E-state index >= 15 is 0 Å². The zero-order valence-corrected chi connectivity index (χ0v) is 7.02. The van der Waals surface area contributed by atoms with Crippen LogP contribution in [0.15, 0.2) is 24.3 Å². The second-order valence-electron chi connectivity index (χ2n) is 2.63. The number of hydrogen-bond donors (Lipinski definition) is 1. The molecule has 0 rings (SSSR count). The first-order valence-corrected chi connectivity index (χ1v) is 3.47. The summed E-state index contributed by atoms with van der Waals surface area (Å²) in [7, 11) is 0. The first-order valence-electron chi connectivity index (χ1n) is 5.97. The van der Waals surface area contributed by atoms with E-state index in [4.69, 9.17) is 6.85 Å². The molecule has 0 aliphatic heterocycles. The topological polar surface area (TPSA) is 20.2 Å². The van der Waals surface area contributed by atoms with Gasteiger partial charge in [0.1, 0.15) is 0 Å². The summed E-state index contributed by atoms with van der Waals surface area (Å²) in [6.45, 7) is 3.93. The monoisotopic (exact) mass is 159 g/mol. The molecular weight excluding hydrogens is 136 g/mol. The van der Waals surface area contributed by atoms with Gasteiger partial charge >= 0.3 is 0 Å². The Labute approximate surface area is 76.5 Å². The molecule has 0 saturated carbocycles. The van der Waals surface area contributed by atoms with Crippen LogP contribution in [0, 0.1) is 0 Å². The highest BCUT2D eigenvalue weighted by Gasteiger charge is 2.12. The van der Waals surface area contributed by atoms with Crippen molar-refractivity contribution in [1.82, 2.24) is 0 Å². The molecular formula is C10H18O. The van der Waals surface area contributed by atoms with Crippen molar-refractivity contribution in [2.75, 3.05) is 0 Å². The molecule has 1 N–H and O–H groups in total. The van der Waals surface area contributed by atoms with E-state index < -0.39 is 18.8 Å². The van der Waals surface area contributed by atoms with Crippen LogP contribution >= 0.6 is 0 Å². The predicted molar refractivity (Wildman–Crippen MR) is 49.5 cm³/mol. The summed E-state index contributed by atoms with van der Waals surface area (Å²) in [6, 6.07) is 0. The Balaban J connectivity index is 5.24. The van der Waals surface area contributed by atoms with Gasteiger partial charge in [-0.25, -0.2) is 0 Å². The van der Waals surface area contributed by atoms with Crippen molar-refractivity contribution in [3.63, 3.8) is 0 Å². The van der Waals surface area contributed by atoms with Crippen LogP contribution in [-0.2, 0) is 0 Å². The lowest BCUT2D eigenvalue weighted by atomic mass is 10.00. The molecule has 0 aliphatic rings. The molecule has 11 heavy (non-hydrogen) atoms. The second kappa shape index (κ2) is 4.35. The minimum absolute atomic E-state index is 0.170. The molecule has 1 nitrogen and oxygen atoms in total. The Hall–Kier alpha value is -0.560. The van der Waals surface area contributed by atoms with Crippen molar-refractivity contribution >= 4 is 0 Å². The van der Waals surface area contributed by atoms with E-state index in [2.05, 4.69) is 6.58 Å². The van der Waals surface area contributed by atoms with Crippen molar-refractivity contribution in [2.45, 2.75) is 39.1 Å². The van der Waals surface area contributed by atoms with Crippen LogP contribution in [0.2, 0.25) is 0 Å². The minimum atomic E-state index is -2.84. The van der Waals surface area contributed by atoms with Crippen molar-refractivity contribution in [1.29, 1.82) is 0 Å². The number of rotatable bonds is 4. The van der Waals surface area contributed by atoms with Crippen molar-refractivity contribution < 1.29 is 12.0 Å². The van der Waals surface area contributed by atoms with Gasteiger partial charge in [-0.15, -0.1) is 6.58 Å². The molecule has 64 valence electrons. The molecule has 0 saturated heterocycles. The summed E-state index contributed by atoms with van der Waals surface area (Å²) < 4.78 is 36.9. The maximum atomic E-state index is 9.91. The molecule has 0 aliphatic carbocycles. The van der Waals surface area contributed by atoms with Crippen LogP contribution in [0.4, 0.5) is 0 Å². The summed E-state index contributed by atoms with van der Waals surface area (Å²) in [5.74, 6) is 0. The van der Waals surface area contributed by atoms with E-state index in [1.54, 1.807) is 19.9 Å². The Morgan fingerprint density at radius 2 is 2.45 bits per heavy atom. The quantitative estimate of drug-likeness (QED) is 0.625. The van der Waals surface area contributed by atoms with Crippen LogP contribution in [0.3, 0.4) is 0 Å². The zero-order valence-electron chi connectivity index (χ0n) is 12.0. The van der Waals surface area contributed by atoms with Crippen LogP contribution in [-0.4, -0.2) is 10.7 Å². The van der Waals surface area contributed by atoms with Crippen LogP contribution in [0.5, 0.6) is 0 Å². The molecule has 0 heterocycles. The maximum absolute atomic E-state index is 9.91. The standard InChI is InChI=1S/C10H18O/c1-5-10(4,11)8-6-7-9(2)3/h5,7,11H,1,6,8H2,2-4H3/i4D3,8D2. The van der Waals surface area contributed by atoms with E-state index in [1.165, 1.54) is 0 Å². The van der Waals surface area contributed by atoms with Gasteiger partial charge in [-0.2, -0.15) is 0 Å². The normalized spacial score (nSPS) is 24.5. The fourth-order valence-electron chi connectivity index (χ4n) is 0.483. The SMILES string of the molecule is [2H]C([2H])([2H])C(O)(C=C)C([2H])([2H])CC=C(C)C. The first-order chi connectivity index (χ1) is 6.98. The van der Waals surface area contributed by atoms with Crippen molar-refractivity contribution in [3.05, 3.63) is 24.3 Å². The molecule has 1 unspecified atom stereocenters. The highest BCUT2D eigenvalue weighted by molar-refractivity contribution is 4.97. The Kier molecular flexibility index (Phi) is 1.76. The third-order valence-corrected chi connectivity index (χ3v) is 1.18. The smallest absolute Gasteiger partial charge is 0.0800 e. The average Bonchev–Trinajstić information content (AvgIpc) is 2.11. The maximum Gasteiger partial charge on any atom is 0.0800 e. The fourth-order valence-corrected chi connectivity index (χ4v) is 0.483. The van der Waals surface area contributed by atoms with Gasteiger partial charge in [0.15, 0.2) is 0 Å². The van der Waals surface area contributed by atoms with E-state index in [0.717, 1.165) is 11.6 Å². The van der Waals surface area contributed by atoms with E-state index in [9.17, 15) is 5.11 Å². The van der Waals surface area contributed by atoms with Gasteiger partial charge in [-0.3, -0.25) is 0 Å². The van der Waals surface area contributed by atoms with Gasteiger partial charge in [0.2, 0.25) is 0 Å². The molecule has 0 spiro atoms. The summed E-state index contributed by atoms with van der Waals surface area (Å²) in [4.78, 5) is 0. The third-order valence-electron chi connectivity index (χ3n) is 1.18. The highest BCUT2D eigenvalue weighted by Crippen LogP contribution is 2.13. The lowest BCUT2D eigenvalue weighted by molar-refractivity contribution is 0.103. The van der Waals surface area contributed by atoms with Gasteiger partial charge in [0.25, 0.3) is 0 Å². The van der Waals surface area contributed by atoms with E-state index in [-0.39, 0.29) is 6.42 Å². The molecule has 0 aromatic rings. The van der Waals surface area contributed by atoms with Crippen LogP contribution < -0.4 is 0 Å². The van der Waals surface area contributed by atoms with Gasteiger partial charge < -0.3 is 5.11 Å². The molecule has 0 amide bonds. The lowest BCUT2D eigenvalue weighted by Gasteiger charge is -2.16. The third kappa shape index (κ3) is 5.86. The second-order valence-corrected chi connectivity index (χ2v) is 2.63. The largest absolute Gasteiger partial charge is 0.386 e. The van der Waals surface area contributed by atoms with Gasteiger partial charge in [-0.1, -0.05) is 17.7 Å². The average molecular weight is 159 g/mol. The van der Waals surface area contributed by atoms with E-state index in [1.807, 2.05) is 0 Å². The Bertz CT molecular complexity index is 288. The van der Waals surface area contributed by atoms with Crippen LogP contribution in [0.25, 0.3) is 0 Å². The summed E-state index contributed by atoms with van der Waals surface area (Å²) >= 11 is 0.